The molecule has 144 valence electrons. The van der Waals surface area contributed by atoms with Gasteiger partial charge in [-0.2, -0.15) is 0 Å². The number of urea groups is 1. The molecule has 26 heavy (non-hydrogen) atoms. The average Bonchev–Trinajstić information content (AvgIpc) is 3.08. The first-order valence-corrected chi connectivity index (χ1v) is 8.73. The zero-order valence-electron chi connectivity index (χ0n) is 15.0. The van der Waals surface area contributed by atoms with Crippen LogP contribution in [0.5, 0.6) is 0 Å². The summed E-state index contributed by atoms with van der Waals surface area (Å²) in [4.78, 5) is 62.5. The summed E-state index contributed by atoms with van der Waals surface area (Å²) < 4.78 is 0. The Morgan fingerprint density at radius 2 is 2.04 bits per heavy atom. The summed E-state index contributed by atoms with van der Waals surface area (Å²) in [5.74, 6) is -2.00. The maximum Gasteiger partial charge on any atom is 0.324 e. The van der Waals surface area contributed by atoms with E-state index in [1.165, 1.54) is 11.9 Å². The van der Waals surface area contributed by atoms with E-state index in [9.17, 15) is 24.0 Å². The van der Waals surface area contributed by atoms with Gasteiger partial charge in [0.05, 0.1) is 6.42 Å². The van der Waals surface area contributed by atoms with E-state index in [0.717, 1.165) is 4.90 Å². The average molecular weight is 367 g/mol. The molecule has 2 aliphatic rings. The number of hydrogen-bond acceptors (Lipinski definition) is 5. The smallest absolute Gasteiger partial charge is 0.324 e. The van der Waals surface area contributed by atoms with Gasteiger partial charge in [0.15, 0.2) is 0 Å². The maximum absolute atomic E-state index is 12.8. The molecule has 6 amide bonds. The number of imide groups is 1. The summed E-state index contributed by atoms with van der Waals surface area (Å²) in [7, 11) is 1.33. The minimum Gasteiger partial charge on any atom is -0.368 e. The van der Waals surface area contributed by atoms with E-state index >= 15 is 0 Å². The van der Waals surface area contributed by atoms with Gasteiger partial charge in [-0.3, -0.25) is 24.1 Å². The summed E-state index contributed by atoms with van der Waals surface area (Å²) in [6.45, 7) is 2.27. The number of amides is 6. The number of carbonyl (C=O) groups is 5. The van der Waals surface area contributed by atoms with Gasteiger partial charge in [0.2, 0.25) is 23.6 Å². The van der Waals surface area contributed by atoms with Gasteiger partial charge >= 0.3 is 6.03 Å². The molecule has 0 radical (unpaired) electrons. The largest absolute Gasteiger partial charge is 0.368 e. The van der Waals surface area contributed by atoms with Crippen molar-refractivity contribution >= 4 is 29.7 Å². The number of carbonyl (C=O) groups excluding carboxylic acids is 5. The van der Waals surface area contributed by atoms with Crippen LogP contribution in [0.25, 0.3) is 0 Å². The second-order valence-electron chi connectivity index (χ2n) is 6.60. The molecule has 2 fully saturated rings. The van der Waals surface area contributed by atoms with Crippen LogP contribution in [0.15, 0.2) is 0 Å². The highest BCUT2D eigenvalue weighted by atomic mass is 16.2. The zero-order chi connectivity index (χ0) is 19.4. The van der Waals surface area contributed by atoms with Crippen molar-refractivity contribution in [3.05, 3.63) is 0 Å². The number of nitrogens with zero attached hydrogens (tertiary/aromatic N) is 2. The van der Waals surface area contributed by atoms with Gasteiger partial charge < -0.3 is 21.3 Å². The molecular weight excluding hydrogens is 342 g/mol. The number of rotatable bonds is 6. The highest BCUT2D eigenvalue weighted by molar-refractivity contribution is 6.03. The summed E-state index contributed by atoms with van der Waals surface area (Å²) in [6.07, 6.45) is 2.01. The molecular formula is C16H25N5O5. The van der Waals surface area contributed by atoms with Crippen molar-refractivity contribution in [3.63, 3.8) is 0 Å². The molecule has 0 aliphatic carbocycles. The second-order valence-corrected chi connectivity index (χ2v) is 6.60. The Labute approximate surface area is 151 Å². The first-order valence-electron chi connectivity index (χ1n) is 8.73. The molecule has 2 heterocycles. The van der Waals surface area contributed by atoms with Crippen molar-refractivity contribution in [2.75, 3.05) is 13.6 Å². The molecule has 3 atom stereocenters. The molecule has 0 unspecified atom stereocenters. The van der Waals surface area contributed by atoms with E-state index in [2.05, 4.69) is 10.6 Å². The monoisotopic (exact) mass is 367 g/mol. The topological polar surface area (TPSA) is 142 Å². The molecule has 0 aromatic carbocycles. The van der Waals surface area contributed by atoms with Gasteiger partial charge in [-0.05, 0) is 19.3 Å². The van der Waals surface area contributed by atoms with Crippen molar-refractivity contribution in [2.45, 2.75) is 57.2 Å². The molecule has 10 heteroatoms. The molecule has 0 saturated carbocycles. The van der Waals surface area contributed by atoms with E-state index in [0.29, 0.717) is 32.2 Å². The van der Waals surface area contributed by atoms with E-state index in [-0.39, 0.29) is 12.3 Å². The molecule has 0 aromatic rings. The molecule has 2 aliphatic heterocycles. The van der Waals surface area contributed by atoms with Gasteiger partial charge in [0.25, 0.3) is 0 Å². The predicted molar refractivity (Wildman–Crippen MR) is 90.5 cm³/mol. The van der Waals surface area contributed by atoms with Crippen LogP contribution in [-0.2, 0) is 19.2 Å². The first kappa shape index (κ1) is 19.7. The van der Waals surface area contributed by atoms with Crippen LogP contribution in [0.2, 0.25) is 0 Å². The maximum atomic E-state index is 12.8. The third-order valence-electron chi connectivity index (χ3n) is 4.73. The third kappa shape index (κ3) is 4.12. The highest BCUT2D eigenvalue weighted by Crippen LogP contribution is 2.19. The summed E-state index contributed by atoms with van der Waals surface area (Å²) >= 11 is 0. The summed E-state index contributed by atoms with van der Waals surface area (Å²) in [6, 6.07) is -3.18. The minimum absolute atomic E-state index is 0.172. The Morgan fingerprint density at radius 3 is 2.62 bits per heavy atom. The second kappa shape index (κ2) is 8.15. The van der Waals surface area contributed by atoms with Crippen molar-refractivity contribution in [2.24, 2.45) is 5.73 Å². The van der Waals surface area contributed by atoms with E-state index in [1.54, 1.807) is 0 Å². The van der Waals surface area contributed by atoms with Crippen LogP contribution in [0.3, 0.4) is 0 Å². The molecule has 0 bridgehead atoms. The van der Waals surface area contributed by atoms with Gasteiger partial charge in [0, 0.05) is 13.6 Å². The molecule has 4 N–H and O–H groups in total. The van der Waals surface area contributed by atoms with Crippen LogP contribution >= 0.6 is 0 Å². The summed E-state index contributed by atoms with van der Waals surface area (Å²) in [5.41, 5.74) is 5.35. The molecule has 2 rings (SSSR count). The fourth-order valence-electron chi connectivity index (χ4n) is 3.22. The van der Waals surface area contributed by atoms with Gasteiger partial charge in [-0.15, -0.1) is 0 Å². The van der Waals surface area contributed by atoms with Crippen molar-refractivity contribution < 1.29 is 24.0 Å². The molecule has 2 saturated heterocycles. The Hall–Kier alpha value is -2.65. The van der Waals surface area contributed by atoms with Crippen molar-refractivity contribution in [1.29, 1.82) is 0 Å². The first-order chi connectivity index (χ1) is 12.3. The van der Waals surface area contributed by atoms with Gasteiger partial charge in [-0.25, -0.2) is 4.79 Å². The number of nitrogens with two attached hydrogens (primary N) is 1. The van der Waals surface area contributed by atoms with Crippen LogP contribution in [0.4, 0.5) is 4.79 Å². The zero-order valence-corrected chi connectivity index (χ0v) is 15.0. The van der Waals surface area contributed by atoms with Gasteiger partial charge in [-0.1, -0.05) is 13.3 Å². The normalized spacial score (nSPS) is 24.2. The van der Waals surface area contributed by atoms with E-state index in [1.807, 2.05) is 6.92 Å². The lowest BCUT2D eigenvalue weighted by Crippen LogP contribution is -2.60. The fourth-order valence-corrected chi connectivity index (χ4v) is 3.22. The van der Waals surface area contributed by atoms with E-state index < -0.39 is 41.9 Å². The standard InChI is InChI=1S/C16H25N5O5/c1-3-5-9(15(25)21-7-4-6-11(21)13(17)23)18-14(24)10-8-12(22)20(2)16(26)19-10/h9-11H,3-8H2,1-2H3,(H2,17,23)(H,18,24)(H,19,26)/t9-,10-,11-/m0/s1. The Morgan fingerprint density at radius 1 is 1.35 bits per heavy atom. The Kier molecular flexibility index (Phi) is 6.17. The minimum atomic E-state index is -1.02. The number of hydrogen-bond donors (Lipinski definition) is 3. The highest BCUT2D eigenvalue weighted by Gasteiger charge is 2.38. The lowest BCUT2D eigenvalue weighted by molar-refractivity contribution is -0.141. The third-order valence-corrected chi connectivity index (χ3v) is 4.73. The molecule has 0 spiro atoms. The quantitative estimate of drug-likeness (QED) is 0.534. The Bertz CT molecular complexity index is 604. The van der Waals surface area contributed by atoms with E-state index in [4.69, 9.17) is 5.73 Å². The number of primary amides is 1. The Balaban J connectivity index is 2.06. The number of likely N-dealkylation sites (tertiary alicyclic amines) is 1. The SMILES string of the molecule is CCC[C@H](NC(=O)[C@@H]1CC(=O)N(C)C(=O)N1)C(=O)N1CCC[C@H]1C(N)=O. The fraction of sp³-hybridized carbons (Fsp3) is 0.688. The molecule has 0 aromatic heterocycles. The van der Waals surface area contributed by atoms with Crippen LogP contribution in [0.1, 0.15) is 39.0 Å². The summed E-state index contributed by atoms with van der Waals surface area (Å²) in [5, 5.41) is 5.05. The predicted octanol–water partition coefficient (Wildman–Crippen LogP) is -1.31. The lowest BCUT2D eigenvalue weighted by Gasteiger charge is -2.31. The van der Waals surface area contributed by atoms with Crippen LogP contribution in [0, 0.1) is 0 Å². The van der Waals surface area contributed by atoms with Crippen molar-refractivity contribution in [3.8, 4) is 0 Å². The molecule has 10 nitrogen and oxygen atoms in total. The van der Waals surface area contributed by atoms with Crippen LogP contribution < -0.4 is 16.4 Å². The lowest BCUT2D eigenvalue weighted by atomic mass is 10.1. The van der Waals surface area contributed by atoms with Crippen molar-refractivity contribution in [1.82, 2.24) is 20.4 Å². The van der Waals surface area contributed by atoms with Gasteiger partial charge in [0.1, 0.15) is 18.1 Å². The van der Waals surface area contributed by atoms with Crippen LogP contribution in [-0.4, -0.2) is 71.2 Å². The number of nitrogens with one attached hydrogen (secondary N) is 2.